The number of carbonyl (C=O) groups excluding carboxylic acids is 3. The fraction of sp³-hybridized carbons (Fsp3) is 0.400. The molecule has 0 saturated heterocycles. The summed E-state index contributed by atoms with van der Waals surface area (Å²) in [4.78, 5) is 37.2. The molecule has 0 atom stereocenters. The molecule has 2 aromatic carbocycles. The number of benzene rings is 2. The van der Waals surface area contributed by atoms with E-state index in [9.17, 15) is 14.4 Å². The Kier molecular flexibility index (Phi) is 24.8. The summed E-state index contributed by atoms with van der Waals surface area (Å²) < 4.78 is 5.99. The number of nitrogens with one attached hydrogen (secondary N) is 3. The van der Waals surface area contributed by atoms with E-state index in [0.29, 0.717) is 48.8 Å². The molecule has 3 amide bonds. The third kappa shape index (κ3) is 22.7. The second-order valence-corrected chi connectivity index (χ2v) is 14.6. The van der Waals surface area contributed by atoms with E-state index in [1.54, 1.807) is 49.9 Å². The molecule has 0 heterocycles. The monoisotopic (exact) mass is 773 g/mol. The highest BCUT2D eigenvalue weighted by molar-refractivity contribution is 7.99. The zero-order valence-electron chi connectivity index (χ0n) is 32.4. The molecule has 0 spiro atoms. The molecule has 9 heteroatoms. The Balaban J connectivity index is 1.46. The first-order valence-corrected chi connectivity index (χ1v) is 20.6. The van der Waals surface area contributed by atoms with Gasteiger partial charge in [-0.2, -0.15) is 11.8 Å². The summed E-state index contributed by atoms with van der Waals surface area (Å²) in [6.07, 6.45) is 33.8. The summed E-state index contributed by atoms with van der Waals surface area (Å²) >= 11 is 7.56. The Labute approximate surface area is 333 Å². The molecule has 0 aliphatic rings. The van der Waals surface area contributed by atoms with Gasteiger partial charge in [-0.15, -0.1) is 0 Å². The molecule has 54 heavy (non-hydrogen) atoms. The summed E-state index contributed by atoms with van der Waals surface area (Å²) in [5.41, 5.74) is 0.560. The first-order chi connectivity index (χ1) is 26.2. The highest BCUT2D eigenvalue weighted by Gasteiger charge is 2.29. The van der Waals surface area contributed by atoms with Gasteiger partial charge in [0.05, 0.1) is 0 Å². The van der Waals surface area contributed by atoms with Crippen molar-refractivity contribution in [1.29, 1.82) is 0 Å². The van der Waals surface area contributed by atoms with Crippen LogP contribution >= 0.6 is 23.4 Å². The first-order valence-electron chi connectivity index (χ1n) is 19.1. The Hall–Kier alpha value is -4.27. The van der Waals surface area contributed by atoms with Crippen molar-refractivity contribution in [3.05, 3.63) is 138 Å². The van der Waals surface area contributed by atoms with Crippen LogP contribution in [0.25, 0.3) is 0 Å². The van der Waals surface area contributed by atoms with Gasteiger partial charge in [-0.05, 0) is 107 Å². The number of halogens is 1. The maximum atomic E-state index is 12.8. The van der Waals surface area contributed by atoms with Crippen LogP contribution in [0.2, 0.25) is 5.02 Å². The Morgan fingerprint density at radius 2 is 1.19 bits per heavy atom. The van der Waals surface area contributed by atoms with Crippen LogP contribution in [0.1, 0.15) is 88.1 Å². The minimum absolute atomic E-state index is 0.0521. The number of ether oxygens (including phenoxy) is 1. The third-order valence-electron chi connectivity index (χ3n) is 7.88. The van der Waals surface area contributed by atoms with Crippen molar-refractivity contribution < 1.29 is 19.1 Å². The molecule has 0 bridgehead atoms. The average molecular weight is 775 g/mol. The van der Waals surface area contributed by atoms with Gasteiger partial charge < -0.3 is 20.7 Å². The van der Waals surface area contributed by atoms with Gasteiger partial charge in [-0.25, -0.2) is 0 Å². The van der Waals surface area contributed by atoms with Crippen LogP contribution in [0.3, 0.4) is 0 Å². The van der Waals surface area contributed by atoms with Gasteiger partial charge in [0, 0.05) is 48.1 Å². The molecule has 2 rings (SSSR count). The molecular weight excluding hydrogens is 714 g/mol. The van der Waals surface area contributed by atoms with Crippen LogP contribution in [0.4, 0.5) is 0 Å². The van der Waals surface area contributed by atoms with Crippen LogP contribution in [-0.4, -0.2) is 54.5 Å². The lowest BCUT2D eigenvalue weighted by atomic mass is 10.1. The van der Waals surface area contributed by atoms with Gasteiger partial charge in [-0.3, -0.25) is 14.4 Å². The lowest BCUT2D eigenvalue weighted by Crippen LogP contribution is -2.47. The van der Waals surface area contributed by atoms with Crippen LogP contribution in [-0.2, 0) is 16.0 Å². The third-order valence-corrected chi connectivity index (χ3v) is 9.12. The minimum Gasteiger partial charge on any atom is -0.478 e. The number of hydrogen-bond acceptors (Lipinski definition) is 5. The molecule has 7 nitrogen and oxygen atoms in total. The quantitative estimate of drug-likeness (QED) is 0.0621. The summed E-state index contributed by atoms with van der Waals surface area (Å²) in [6.45, 7) is 7.23. The van der Waals surface area contributed by atoms with Gasteiger partial charge in [-0.1, -0.05) is 104 Å². The van der Waals surface area contributed by atoms with Gasteiger partial charge in [0.2, 0.25) is 5.91 Å². The molecule has 0 radical (unpaired) electrons. The lowest BCUT2D eigenvalue weighted by molar-refractivity contribution is -0.134. The number of thioether (sulfide) groups is 1. The molecule has 292 valence electrons. The van der Waals surface area contributed by atoms with Crippen molar-refractivity contribution in [3.8, 4) is 5.75 Å². The van der Waals surface area contributed by atoms with Crippen molar-refractivity contribution in [2.45, 2.75) is 84.2 Å². The van der Waals surface area contributed by atoms with Crippen LogP contribution in [0.15, 0.2) is 121 Å². The summed E-state index contributed by atoms with van der Waals surface area (Å²) in [6, 6.07) is 14.3. The number of hydrogen-bond donors (Lipinski definition) is 3. The number of rotatable bonds is 27. The number of amides is 3. The normalized spacial score (nSPS) is 12.2. The van der Waals surface area contributed by atoms with Gasteiger partial charge in [0.15, 0.2) is 5.60 Å². The Morgan fingerprint density at radius 3 is 1.74 bits per heavy atom. The fourth-order valence-electron chi connectivity index (χ4n) is 4.85. The second kappa shape index (κ2) is 29.1. The van der Waals surface area contributed by atoms with Crippen molar-refractivity contribution in [2.24, 2.45) is 0 Å². The first kappa shape index (κ1) is 45.9. The molecule has 0 aromatic heterocycles. The topological polar surface area (TPSA) is 96.5 Å². The van der Waals surface area contributed by atoms with Crippen molar-refractivity contribution in [2.75, 3.05) is 31.1 Å². The molecule has 0 unspecified atom stereocenters. The largest absolute Gasteiger partial charge is 0.478 e. The highest BCUT2D eigenvalue weighted by Crippen LogP contribution is 2.20. The predicted molar refractivity (Wildman–Crippen MR) is 229 cm³/mol. The van der Waals surface area contributed by atoms with Crippen LogP contribution in [0, 0.1) is 0 Å². The van der Waals surface area contributed by atoms with Gasteiger partial charge in [0.25, 0.3) is 11.8 Å². The van der Waals surface area contributed by atoms with E-state index in [2.05, 4.69) is 95.8 Å². The molecule has 0 aliphatic heterocycles. The summed E-state index contributed by atoms with van der Waals surface area (Å²) in [5.74, 6) is 1.82. The molecule has 2 aromatic rings. The Bertz CT molecular complexity index is 1540. The van der Waals surface area contributed by atoms with E-state index in [4.69, 9.17) is 16.3 Å². The number of carbonyl (C=O) groups is 3. The van der Waals surface area contributed by atoms with Crippen LogP contribution in [0.5, 0.6) is 5.75 Å². The molecule has 0 aliphatic carbocycles. The number of allylic oxidation sites excluding steroid dienone is 12. The smallest absolute Gasteiger partial charge is 0.263 e. The maximum Gasteiger partial charge on any atom is 0.263 e. The van der Waals surface area contributed by atoms with E-state index in [0.717, 1.165) is 62.0 Å². The van der Waals surface area contributed by atoms with Crippen LogP contribution < -0.4 is 20.7 Å². The standard InChI is InChI=1S/C45H60ClN3O4S/c1-4-5-6-7-8-9-10-11-12-13-14-15-16-17-18-19-20-21-22-23-42(50)47-34-36-54-37-35-49-44(52)45(2,3)53-41-30-24-38(25-31-41)32-33-48-43(51)39-26-28-40(46)29-27-39/h5-6,8-9,11-12,14-15,17-18,20-21,24-31H,4,7,10,13,16,19,22-23,32-37H2,1-3H3,(H,47,50)(H,48,51)(H,49,52). The molecular formula is C45H60ClN3O4S. The van der Waals surface area contributed by atoms with E-state index in [1.807, 2.05) is 24.3 Å². The van der Waals surface area contributed by atoms with Gasteiger partial charge in [0.1, 0.15) is 5.75 Å². The summed E-state index contributed by atoms with van der Waals surface area (Å²) in [5, 5.41) is 9.41. The van der Waals surface area contributed by atoms with Crippen molar-refractivity contribution in [3.63, 3.8) is 0 Å². The molecule has 3 N–H and O–H groups in total. The fourth-order valence-corrected chi connectivity index (χ4v) is 5.67. The lowest BCUT2D eigenvalue weighted by Gasteiger charge is -2.25. The predicted octanol–water partition coefficient (Wildman–Crippen LogP) is 9.91. The highest BCUT2D eigenvalue weighted by atomic mass is 35.5. The zero-order chi connectivity index (χ0) is 39.1. The maximum absolute atomic E-state index is 12.8. The molecule has 0 fully saturated rings. The average Bonchev–Trinajstić information content (AvgIpc) is 3.16. The van der Waals surface area contributed by atoms with Crippen molar-refractivity contribution in [1.82, 2.24) is 16.0 Å². The van der Waals surface area contributed by atoms with Gasteiger partial charge >= 0.3 is 0 Å². The van der Waals surface area contributed by atoms with E-state index in [-0.39, 0.29) is 17.7 Å². The zero-order valence-corrected chi connectivity index (χ0v) is 33.9. The second-order valence-electron chi connectivity index (χ2n) is 12.9. The van der Waals surface area contributed by atoms with Crippen molar-refractivity contribution >= 4 is 41.1 Å². The molecule has 0 saturated carbocycles. The van der Waals surface area contributed by atoms with E-state index < -0.39 is 5.60 Å². The summed E-state index contributed by atoms with van der Waals surface area (Å²) in [7, 11) is 0. The van der Waals surface area contributed by atoms with E-state index in [1.165, 1.54) is 0 Å². The SMILES string of the molecule is CCC=CCC=CCC=CCC=CCC=CCC=CCCC(=O)NCCSCCNC(=O)C(C)(C)Oc1ccc(CCNC(=O)c2ccc(Cl)cc2)cc1. The van der Waals surface area contributed by atoms with E-state index >= 15 is 0 Å². The Morgan fingerprint density at radius 1 is 0.667 bits per heavy atom. The minimum atomic E-state index is -1.05.